The van der Waals surface area contributed by atoms with E-state index in [1.165, 1.54) is 6.92 Å². The van der Waals surface area contributed by atoms with Gasteiger partial charge in [-0.05, 0) is 12.8 Å². The molecule has 5 nitrogen and oxygen atoms in total. The van der Waals surface area contributed by atoms with Crippen molar-refractivity contribution in [3.63, 3.8) is 0 Å². The second-order valence-electron chi connectivity index (χ2n) is 3.36. The summed E-state index contributed by atoms with van der Waals surface area (Å²) in [6, 6.07) is 0.199. The Balaban J connectivity index is 2.15. The summed E-state index contributed by atoms with van der Waals surface area (Å²) < 4.78 is 5.16. The fourth-order valence-electron chi connectivity index (χ4n) is 1.33. The van der Waals surface area contributed by atoms with Crippen LogP contribution in [0.3, 0.4) is 0 Å². The number of carbonyl (C=O) groups is 2. The van der Waals surface area contributed by atoms with Crippen molar-refractivity contribution < 1.29 is 14.3 Å². The van der Waals surface area contributed by atoms with Crippen LogP contribution in [-0.4, -0.2) is 37.6 Å². The molecule has 1 rings (SSSR count). The summed E-state index contributed by atoms with van der Waals surface area (Å²) in [5, 5.41) is 5.29. The number of amides is 2. The van der Waals surface area contributed by atoms with Crippen molar-refractivity contribution in [2.24, 2.45) is 0 Å². The van der Waals surface area contributed by atoms with Crippen LogP contribution >= 0.6 is 0 Å². The topological polar surface area (TPSA) is 67.4 Å². The monoisotopic (exact) mass is 200 g/mol. The highest BCUT2D eigenvalue weighted by Gasteiger charge is 2.15. The van der Waals surface area contributed by atoms with Gasteiger partial charge in [-0.3, -0.25) is 9.59 Å². The molecule has 0 bridgehead atoms. The lowest BCUT2D eigenvalue weighted by molar-refractivity contribution is -0.125. The largest absolute Gasteiger partial charge is 0.381 e. The Morgan fingerprint density at radius 3 is 2.57 bits per heavy atom. The third-order valence-corrected chi connectivity index (χ3v) is 2.08. The van der Waals surface area contributed by atoms with E-state index in [1.54, 1.807) is 0 Å². The van der Waals surface area contributed by atoms with Crippen LogP contribution in [0.2, 0.25) is 0 Å². The van der Waals surface area contributed by atoms with Gasteiger partial charge < -0.3 is 15.4 Å². The zero-order chi connectivity index (χ0) is 10.4. The van der Waals surface area contributed by atoms with Gasteiger partial charge in [-0.25, -0.2) is 0 Å². The van der Waals surface area contributed by atoms with Crippen molar-refractivity contribution in [3.05, 3.63) is 0 Å². The van der Waals surface area contributed by atoms with Crippen LogP contribution in [0.15, 0.2) is 0 Å². The molecule has 0 aliphatic carbocycles. The van der Waals surface area contributed by atoms with Crippen LogP contribution in [0.25, 0.3) is 0 Å². The van der Waals surface area contributed by atoms with E-state index < -0.39 is 0 Å². The third kappa shape index (κ3) is 4.23. The highest BCUT2D eigenvalue weighted by molar-refractivity contribution is 5.83. The molecular weight excluding hydrogens is 184 g/mol. The Hall–Kier alpha value is -1.10. The van der Waals surface area contributed by atoms with Crippen molar-refractivity contribution in [2.45, 2.75) is 25.8 Å². The van der Waals surface area contributed by atoms with Gasteiger partial charge in [0.1, 0.15) is 0 Å². The normalized spacial score (nSPS) is 17.5. The lowest BCUT2D eigenvalue weighted by Gasteiger charge is -2.23. The van der Waals surface area contributed by atoms with E-state index in [9.17, 15) is 9.59 Å². The van der Waals surface area contributed by atoms with E-state index in [-0.39, 0.29) is 24.4 Å². The number of hydrogen-bond donors (Lipinski definition) is 2. The number of hydrogen-bond acceptors (Lipinski definition) is 3. The molecule has 0 aromatic heterocycles. The van der Waals surface area contributed by atoms with Gasteiger partial charge in [0.05, 0.1) is 6.54 Å². The summed E-state index contributed by atoms with van der Waals surface area (Å²) in [5.74, 6) is -0.320. The van der Waals surface area contributed by atoms with Gasteiger partial charge in [-0.1, -0.05) is 0 Å². The molecule has 0 radical (unpaired) electrons. The number of ether oxygens (including phenoxy) is 1. The molecule has 0 unspecified atom stereocenters. The average molecular weight is 200 g/mol. The molecule has 1 saturated heterocycles. The Morgan fingerprint density at radius 1 is 1.36 bits per heavy atom. The molecular formula is C9H16N2O3. The number of carbonyl (C=O) groups excluding carboxylic acids is 2. The van der Waals surface area contributed by atoms with Gasteiger partial charge in [0.15, 0.2) is 0 Å². The maximum Gasteiger partial charge on any atom is 0.239 e. The Morgan fingerprint density at radius 2 is 2.00 bits per heavy atom. The van der Waals surface area contributed by atoms with Gasteiger partial charge >= 0.3 is 0 Å². The molecule has 1 fully saturated rings. The molecule has 0 spiro atoms. The van der Waals surface area contributed by atoms with Gasteiger partial charge in [0, 0.05) is 26.2 Å². The highest BCUT2D eigenvalue weighted by atomic mass is 16.5. The molecule has 80 valence electrons. The van der Waals surface area contributed by atoms with Crippen LogP contribution in [0.1, 0.15) is 19.8 Å². The standard InChI is InChI=1S/C9H16N2O3/c1-7(12)10-6-9(13)11-8-2-4-14-5-3-8/h8H,2-6H2,1H3,(H,10,12)(H,11,13). The average Bonchev–Trinajstić information content (AvgIpc) is 2.16. The fourth-order valence-corrected chi connectivity index (χ4v) is 1.33. The quantitative estimate of drug-likeness (QED) is 0.640. The highest BCUT2D eigenvalue weighted by Crippen LogP contribution is 2.05. The predicted molar refractivity (Wildman–Crippen MR) is 50.7 cm³/mol. The van der Waals surface area contributed by atoms with Crippen LogP contribution in [0.5, 0.6) is 0 Å². The molecule has 0 aromatic carbocycles. The molecule has 1 aliphatic rings. The van der Waals surface area contributed by atoms with Crippen molar-refractivity contribution in [1.82, 2.24) is 10.6 Å². The molecule has 0 aromatic rings. The summed E-state index contributed by atoms with van der Waals surface area (Å²) in [6.45, 7) is 2.85. The first-order valence-corrected chi connectivity index (χ1v) is 4.80. The van der Waals surface area contributed by atoms with E-state index in [0.29, 0.717) is 13.2 Å². The first-order valence-electron chi connectivity index (χ1n) is 4.80. The second kappa shape index (κ2) is 5.59. The van der Waals surface area contributed by atoms with Crippen molar-refractivity contribution in [2.75, 3.05) is 19.8 Å². The van der Waals surface area contributed by atoms with Crippen LogP contribution < -0.4 is 10.6 Å². The molecule has 1 heterocycles. The maximum absolute atomic E-state index is 11.2. The van der Waals surface area contributed by atoms with Gasteiger partial charge in [-0.15, -0.1) is 0 Å². The SMILES string of the molecule is CC(=O)NCC(=O)NC1CCOCC1. The lowest BCUT2D eigenvalue weighted by atomic mass is 10.1. The molecule has 0 atom stereocenters. The number of nitrogens with one attached hydrogen (secondary N) is 2. The minimum atomic E-state index is -0.188. The number of rotatable bonds is 3. The molecule has 0 saturated carbocycles. The minimum absolute atomic E-state index is 0.0622. The maximum atomic E-state index is 11.2. The van der Waals surface area contributed by atoms with Crippen molar-refractivity contribution >= 4 is 11.8 Å². The zero-order valence-corrected chi connectivity index (χ0v) is 8.34. The van der Waals surface area contributed by atoms with Crippen LogP contribution in [0, 0.1) is 0 Å². The Bertz CT molecular complexity index is 212. The van der Waals surface area contributed by atoms with Gasteiger partial charge in [0.25, 0.3) is 0 Å². The first kappa shape index (κ1) is 11.0. The van der Waals surface area contributed by atoms with Crippen LogP contribution in [-0.2, 0) is 14.3 Å². The summed E-state index contributed by atoms with van der Waals surface area (Å²) in [5.41, 5.74) is 0. The summed E-state index contributed by atoms with van der Waals surface area (Å²) in [6.07, 6.45) is 1.71. The minimum Gasteiger partial charge on any atom is -0.381 e. The van der Waals surface area contributed by atoms with Crippen molar-refractivity contribution in [1.29, 1.82) is 0 Å². The third-order valence-electron chi connectivity index (χ3n) is 2.08. The second-order valence-corrected chi connectivity index (χ2v) is 3.36. The lowest BCUT2D eigenvalue weighted by Crippen LogP contribution is -2.43. The Kier molecular flexibility index (Phi) is 4.39. The fraction of sp³-hybridized carbons (Fsp3) is 0.778. The van der Waals surface area contributed by atoms with E-state index >= 15 is 0 Å². The van der Waals surface area contributed by atoms with E-state index in [4.69, 9.17) is 4.74 Å². The molecule has 14 heavy (non-hydrogen) atoms. The molecule has 2 N–H and O–H groups in total. The van der Waals surface area contributed by atoms with Crippen LogP contribution in [0.4, 0.5) is 0 Å². The smallest absolute Gasteiger partial charge is 0.239 e. The first-order chi connectivity index (χ1) is 6.68. The van der Waals surface area contributed by atoms with Crippen molar-refractivity contribution in [3.8, 4) is 0 Å². The van der Waals surface area contributed by atoms with Gasteiger partial charge in [0.2, 0.25) is 11.8 Å². The van der Waals surface area contributed by atoms with E-state index in [0.717, 1.165) is 12.8 Å². The van der Waals surface area contributed by atoms with Gasteiger partial charge in [-0.2, -0.15) is 0 Å². The molecule has 1 aliphatic heterocycles. The van der Waals surface area contributed by atoms with E-state index in [2.05, 4.69) is 10.6 Å². The Labute approximate surface area is 83.2 Å². The predicted octanol–water partition coefficient (Wildman–Crippen LogP) is -0.582. The summed E-state index contributed by atoms with van der Waals surface area (Å²) >= 11 is 0. The molecule has 5 heteroatoms. The van der Waals surface area contributed by atoms with E-state index in [1.807, 2.05) is 0 Å². The molecule has 2 amide bonds. The zero-order valence-electron chi connectivity index (χ0n) is 8.34. The summed E-state index contributed by atoms with van der Waals surface area (Å²) in [4.78, 5) is 21.8. The summed E-state index contributed by atoms with van der Waals surface area (Å²) in [7, 11) is 0.